The van der Waals surface area contributed by atoms with E-state index in [1.54, 1.807) is 37.2 Å². The fourth-order valence-corrected chi connectivity index (χ4v) is 1.71. The highest BCUT2D eigenvalue weighted by molar-refractivity contribution is 5.77. The highest BCUT2D eigenvalue weighted by Gasteiger charge is 2.20. The standard InChI is InChI=1S/C12H18FN3O/c1-15-12(17)8-16(2)11(7-14)9-5-3-4-6-10(9)13/h3-6,11H,7-8,14H2,1-2H3,(H,15,17). The first-order chi connectivity index (χ1) is 8.10. The van der Waals surface area contributed by atoms with Crippen molar-refractivity contribution >= 4 is 5.91 Å². The molecule has 0 spiro atoms. The first kappa shape index (κ1) is 13.6. The van der Waals surface area contributed by atoms with Crippen LogP contribution in [0.2, 0.25) is 0 Å². The van der Waals surface area contributed by atoms with Crippen molar-refractivity contribution in [2.75, 3.05) is 27.2 Å². The SMILES string of the molecule is CNC(=O)CN(C)C(CN)c1ccccc1F. The average Bonchev–Trinajstić information content (AvgIpc) is 2.32. The Morgan fingerprint density at radius 2 is 2.18 bits per heavy atom. The van der Waals surface area contributed by atoms with Crippen molar-refractivity contribution in [3.8, 4) is 0 Å². The Hall–Kier alpha value is -1.46. The van der Waals surface area contributed by atoms with Gasteiger partial charge in [-0.25, -0.2) is 4.39 Å². The molecule has 0 radical (unpaired) electrons. The number of benzene rings is 1. The Labute approximate surface area is 101 Å². The third kappa shape index (κ3) is 3.51. The zero-order chi connectivity index (χ0) is 12.8. The van der Waals surface area contributed by atoms with Crippen LogP contribution >= 0.6 is 0 Å². The first-order valence-corrected chi connectivity index (χ1v) is 5.45. The predicted molar refractivity (Wildman–Crippen MR) is 64.9 cm³/mol. The number of hydrogen-bond acceptors (Lipinski definition) is 3. The second kappa shape index (κ2) is 6.32. The number of hydrogen-bond donors (Lipinski definition) is 2. The normalized spacial score (nSPS) is 12.5. The molecule has 1 atom stereocenters. The van der Waals surface area contributed by atoms with Crippen molar-refractivity contribution < 1.29 is 9.18 Å². The van der Waals surface area contributed by atoms with Gasteiger partial charge in [0, 0.05) is 19.2 Å². The van der Waals surface area contributed by atoms with E-state index in [1.807, 2.05) is 0 Å². The summed E-state index contributed by atoms with van der Waals surface area (Å²) in [4.78, 5) is 13.0. The molecular weight excluding hydrogens is 221 g/mol. The predicted octanol–water partition coefficient (Wildman–Crippen LogP) is 0.503. The lowest BCUT2D eigenvalue weighted by Gasteiger charge is -2.26. The Morgan fingerprint density at radius 3 is 2.71 bits per heavy atom. The maximum absolute atomic E-state index is 13.6. The fraction of sp³-hybridized carbons (Fsp3) is 0.417. The molecule has 1 rings (SSSR count). The van der Waals surface area contributed by atoms with Crippen LogP contribution in [-0.4, -0.2) is 38.0 Å². The van der Waals surface area contributed by atoms with E-state index in [0.717, 1.165) is 0 Å². The van der Waals surface area contributed by atoms with E-state index < -0.39 is 0 Å². The van der Waals surface area contributed by atoms with Crippen LogP contribution in [0.5, 0.6) is 0 Å². The second-order valence-electron chi connectivity index (χ2n) is 3.86. The van der Waals surface area contributed by atoms with Crippen molar-refractivity contribution in [3.63, 3.8) is 0 Å². The average molecular weight is 239 g/mol. The summed E-state index contributed by atoms with van der Waals surface area (Å²) >= 11 is 0. The summed E-state index contributed by atoms with van der Waals surface area (Å²) in [7, 11) is 3.32. The van der Waals surface area contributed by atoms with E-state index in [-0.39, 0.29) is 30.9 Å². The minimum atomic E-state index is -0.299. The minimum Gasteiger partial charge on any atom is -0.358 e. The Kier molecular flexibility index (Phi) is 5.06. The molecule has 0 saturated carbocycles. The van der Waals surface area contributed by atoms with Gasteiger partial charge in [-0.2, -0.15) is 0 Å². The number of nitrogens with zero attached hydrogens (tertiary/aromatic N) is 1. The van der Waals surface area contributed by atoms with E-state index in [2.05, 4.69) is 5.32 Å². The molecule has 0 aliphatic heterocycles. The molecule has 1 unspecified atom stereocenters. The summed E-state index contributed by atoms with van der Waals surface area (Å²) in [5.41, 5.74) is 6.17. The molecule has 0 aliphatic rings. The van der Waals surface area contributed by atoms with Crippen molar-refractivity contribution in [2.45, 2.75) is 6.04 Å². The van der Waals surface area contributed by atoms with Gasteiger partial charge < -0.3 is 11.1 Å². The number of rotatable bonds is 5. The van der Waals surface area contributed by atoms with Crippen LogP contribution in [-0.2, 0) is 4.79 Å². The van der Waals surface area contributed by atoms with Crippen LogP contribution in [0, 0.1) is 5.82 Å². The zero-order valence-electron chi connectivity index (χ0n) is 10.1. The molecule has 94 valence electrons. The van der Waals surface area contributed by atoms with E-state index in [9.17, 15) is 9.18 Å². The van der Waals surface area contributed by atoms with E-state index >= 15 is 0 Å². The van der Waals surface area contributed by atoms with Gasteiger partial charge in [0.15, 0.2) is 0 Å². The van der Waals surface area contributed by atoms with Crippen LogP contribution < -0.4 is 11.1 Å². The summed E-state index contributed by atoms with van der Waals surface area (Å²) in [6.45, 7) is 0.446. The van der Waals surface area contributed by atoms with Gasteiger partial charge in [0.05, 0.1) is 12.6 Å². The molecule has 0 aliphatic carbocycles. The van der Waals surface area contributed by atoms with Gasteiger partial charge in [0.1, 0.15) is 5.82 Å². The Balaban J connectivity index is 2.84. The fourth-order valence-electron chi connectivity index (χ4n) is 1.71. The molecule has 0 bridgehead atoms. The van der Waals surface area contributed by atoms with Crippen molar-refractivity contribution in [1.82, 2.24) is 10.2 Å². The molecule has 0 heterocycles. The monoisotopic (exact) mass is 239 g/mol. The van der Waals surface area contributed by atoms with Crippen molar-refractivity contribution in [3.05, 3.63) is 35.6 Å². The lowest BCUT2D eigenvalue weighted by molar-refractivity contribution is -0.121. The van der Waals surface area contributed by atoms with E-state index in [0.29, 0.717) is 5.56 Å². The van der Waals surface area contributed by atoms with Gasteiger partial charge in [0.2, 0.25) is 5.91 Å². The van der Waals surface area contributed by atoms with Gasteiger partial charge in [-0.15, -0.1) is 0 Å². The summed E-state index contributed by atoms with van der Waals surface area (Å²) in [6, 6.07) is 6.17. The molecule has 4 nitrogen and oxygen atoms in total. The molecule has 3 N–H and O–H groups in total. The number of nitrogens with one attached hydrogen (secondary N) is 1. The summed E-state index contributed by atoms with van der Waals surface area (Å²) in [6.07, 6.45) is 0. The smallest absolute Gasteiger partial charge is 0.233 e. The molecular formula is C12H18FN3O. The van der Waals surface area contributed by atoms with Crippen LogP contribution in [0.15, 0.2) is 24.3 Å². The van der Waals surface area contributed by atoms with Crippen molar-refractivity contribution in [2.24, 2.45) is 5.73 Å². The van der Waals surface area contributed by atoms with Crippen molar-refractivity contribution in [1.29, 1.82) is 0 Å². The summed E-state index contributed by atoms with van der Waals surface area (Å²) in [5.74, 6) is -0.422. The minimum absolute atomic E-state index is 0.123. The van der Waals surface area contributed by atoms with E-state index in [4.69, 9.17) is 5.73 Å². The summed E-state index contributed by atoms with van der Waals surface area (Å²) in [5, 5.41) is 2.53. The van der Waals surface area contributed by atoms with Gasteiger partial charge in [-0.1, -0.05) is 18.2 Å². The number of amides is 1. The number of likely N-dealkylation sites (N-methyl/N-ethyl adjacent to an activating group) is 2. The quantitative estimate of drug-likeness (QED) is 0.787. The molecule has 0 fully saturated rings. The first-order valence-electron chi connectivity index (χ1n) is 5.45. The molecule has 5 heteroatoms. The third-order valence-corrected chi connectivity index (χ3v) is 2.69. The van der Waals surface area contributed by atoms with Gasteiger partial charge >= 0.3 is 0 Å². The van der Waals surface area contributed by atoms with Gasteiger partial charge in [-0.05, 0) is 13.1 Å². The largest absolute Gasteiger partial charge is 0.358 e. The number of halogens is 1. The van der Waals surface area contributed by atoms with E-state index in [1.165, 1.54) is 6.07 Å². The lowest BCUT2D eigenvalue weighted by atomic mass is 10.1. The molecule has 1 aromatic carbocycles. The molecule has 1 amide bonds. The summed E-state index contributed by atoms with van der Waals surface area (Å²) < 4.78 is 13.6. The highest BCUT2D eigenvalue weighted by atomic mass is 19.1. The van der Waals surface area contributed by atoms with Gasteiger partial charge in [0.25, 0.3) is 0 Å². The lowest BCUT2D eigenvalue weighted by Crippen LogP contribution is -2.38. The molecule has 0 aromatic heterocycles. The molecule has 1 aromatic rings. The maximum Gasteiger partial charge on any atom is 0.233 e. The van der Waals surface area contributed by atoms with Gasteiger partial charge in [-0.3, -0.25) is 9.69 Å². The van der Waals surface area contributed by atoms with Crippen LogP contribution in [0.25, 0.3) is 0 Å². The topological polar surface area (TPSA) is 58.4 Å². The van der Waals surface area contributed by atoms with Crippen LogP contribution in [0.1, 0.15) is 11.6 Å². The maximum atomic E-state index is 13.6. The van der Waals surface area contributed by atoms with Crippen LogP contribution in [0.3, 0.4) is 0 Å². The van der Waals surface area contributed by atoms with Crippen LogP contribution in [0.4, 0.5) is 4.39 Å². The third-order valence-electron chi connectivity index (χ3n) is 2.69. The zero-order valence-corrected chi connectivity index (χ0v) is 10.1. The molecule has 17 heavy (non-hydrogen) atoms. The number of carbonyl (C=O) groups is 1. The Morgan fingerprint density at radius 1 is 1.53 bits per heavy atom. The number of nitrogens with two attached hydrogens (primary N) is 1. The molecule has 0 saturated heterocycles. The highest BCUT2D eigenvalue weighted by Crippen LogP contribution is 2.20. The Bertz CT molecular complexity index is 384. The number of carbonyl (C=O) groups excluding carboxylic acids is 1. The second-order valence-corrected chi connectivity index (χ2v) is 3.86.